The van der Waals surface area contributed by atoms with Crippen molar-refractivity contribution in [1.29, 1.82) is 0 Å². The minimum absolute atomic E-state index is 0.0915. The van der Waals surface area contributed by atoms with Gasteiger partial charge in [0.1, 0.15) is 18.5 Å². The molecule has 4 rings (SSSR count). The van der Waals surface area contributed by atoms with E-state index in [2.05, 4.69) is 28.2 Å². The second kappa shape index (κ2) is 5.61. The summed E-state index contributed by atoms with van der Waals surface area (Å²) >= 11 is 0. The fraction of sp³-hybridized carbons (Fsp3) is 0.412. The van der Waals surface area contributed by atoms with Gasteiger partial charge in [-0.25, -0.2) is 4.98 Å². The van der Waals surface area contributed by atoms with E-state index in [-0.39, 0.29) is 5.91 Å². The van der Waals surface area contributed by atoms with Gasteiger partial charge in [0.2, 0.25) is 0 Å². The van der Waals surface area contributed by atoms with Crippen LogP contribution in [0.25, 0.3) is 5.82 Å². The molecule has 2 aromatic heterocycles. The molecule has 3 heterocycles. The van der Waals surface area contributed by atoms with Crippen molar-refractivity contribution in [2.24, 2.45) is 11.8 Å². The Morgan fingerprint density at radius 1 is 1.22 bits per heavy atom. The molecule has 0 spiro atoms. The molecule has 0 unspecified atom stereocenters. The Balaban J connectivity index is 1.53. The van der Waals surface area contributed by atoms with Crippen LogP contribution in [0.4, 0.5) is 0 Å². The minimum Gasteiger partial charge on any atom is -0.338 e. The zero-order valence-electron chi connectivity index (χ0n) is 13.1. The second-order valence-corrected chi connectivity index (χ2v) is 6.49. The Kier molecular flexibility index (Phi) is 3.44. The van der Waals surface area contributed by atoms with E-state index < -0.39 is 0 Å². The van der Waals surface area contributed by atoms with Crippen molar-refractivity contribution in [3.63, 3.8) is 0 Å². The van der Waals surface area contributed by atoms with E-state index in [1.807, 2.05) is 4.90 Å². The van der Waals surface area contributed by atoms with Gasteiger partial charge < -0.3 is 4.90 Å². The number of likely N-dealkylation sites (tertiary alicyclic amines) is 1. The summed E-state index contributed by atoms with van der Waals surface area (Å²) in [7, 11) is 0. The largest absolute Gasteiger partial charge is 0.338 e. The number of rotatable bonds is 2. The molecule has 6 nitrogen and oxygen atoms in total. The lowest BCUT2D eigenvalue weighted by Crippen LogP contribution is -2.29. The molecule has 1 aliphatic carbocycles. The second-order valence-electron chi connectivity index (χ2n) is 6.49. The fourth-order valence-corrected chi connectivity index (χ4v) is 3.65. The lowest BCUT2D eigenvalue weighted by molar-refractivity contribution is 0.0784. The Morgan fingerprint density at radius 3 is 2.83 bits per heavy atom. The first-order chi connectivity index (χ1) is 11.2. The Hall–Kier alpha value is -2.50. The predicted octanol–water partition coefficient (Wildman–Crippen LogP) is 2.09. The Labute approximate surface area is 134 Å². The van der Waals surface area contributed by atoms with Gasteiger partial charge in [-0.3, -0.25) is 9.36 Å². The maximum absolute atomic E-state index is 12.8. The third-order valence-corrected chi connectivity index (χ3v) is 4.89. The monoisotopic (exact) mass is 309 g/mol. The number of pyridine rings is 1. The topological polar surface area (TPSA) is 63.9 Å². The summed E-state index contributed by atoms with van der Waals surface area (Å²) in [6.45, 7) is 3.91. The van der Waals surface area contributed by atoms with Crippen LogP contribution < -0.4 is 0 Å². The van der Waals surface area contributed by atoms with Crippen molar-refractivity contribution in [3.05, 3.63) is 48.2 Å². The van der Waals surface area contributed by atoms with Gasteiger partial charge in [0.25, 0.3) is 5.91 Å². The highest BCUT2D eigenvalue weighted by Gasteiger charge is 2.36. The molecule has 1 fully saturated rings. The summed E-state index contributed by atoms with van der Waals surface area (Å²) in [5, 5.41) is 7.56. The molecule has 1 saturated heterocycles. The third kappa shape index (κ3) is 2.65. The van der Waals surface area contributed by atoms with Crippen LogP contribution >= 0.6 is 0 Å². The molecule has 2 aromatic rings. The molecular weight excluding hydrogens is 290 g/mol. The summed E-state index contributed by atoms with van der Waals surface area (Å²) in [6, 6.07) is 3.58. The summed E-state index contributed by atoms with van der Waals surface area (Å²) in [5.41, 5.74) is 2.13. The molecule has 1 amide bonds. The highest BCUT2D eigenvalue weighted by atomic mass is 16.2. The number of hydrogen-bond acceptors (Lipinski definition) is 4. The van der Waals surface area contributed by atoms with Crippen LogP contribution in [0, 0.1) is 11.8 Å². The van der Waals surface area contributed by atoms with Gasteiger partial charge in [-0.05, 0) is 43.7 Å². The van der Waals surface area contributed by atoms with Crippen LogP contribution in [0.15, 0.2) is 42.6 Å². The molecule has 0 aromatic carbocycles. The SMILES string of the molecule is CC1=CC[C@@H]2CN(C(=O)c3ccnc(-n4cnnc4)c3)C[C@@H]2C1. The first-order valence-corrected chi connectivity index (χ1v) is 7.96. The first kappa shape index (κ1) is 14.1. The molecule has 0 radical (unpaired) electrons. The van der Waals surface area contributed by atoms with Gasteiger partial charge in [0.05, 0.1) is 0 Å². The van der Waals surface area contributed by atoms with Gasteiger partial charge >= 0.3 is 0 Å². The number of carbonyl (C=O) groups is 1. The van der Waals surface area contributed by atoms with Crippen molar-refractivity contribution in [2.45, 2.75) is 19.8 Å². The number of nitrogens with zero attached hydrogens (tertiary/aromatic N) is 5. The van der Waals surface area contributed by atoms with Crippen molar-refractivity contribution in [2.75, 3.05) is 13.1 Å². The van der Waals surface area contributed by atoms with E-state index in [0.29, 0.717) is 23.2 Å². The van der Waals surface area contributed by atoms with Crippen molar-refractivity contribution in [3.8, 4) is 5.82 Å². The molecule has 23 heavy (non-hydrogen) atoms. The average molecular weight is 309 g/mol. The smallest absolute Gasteiger partial charge is 0.254 e. The molecule has 2 aliphatic rings. The highest BCUT2D eigenvalue weighted by molar-refractivity contribution is 5.94. The molecule has 0 N–H and O–H groups in total. The minimum atomic E-state index is 0.0915. The summed E-state index contributed by atoms with van der Waals surface area (Å²) in [4.78, 5) is 19.1. The maximum Gasteiger partial charge on any atom is 0.254 e. The van der Waals surface area contributed by atoms with E-state index in [0.717, 1.165) is 25.9 Å². The van der Waals surface area contributed by atoms with Gasteiger partial charge in [-0.1, -0.05) is 11.6 Å². The van der Waals surface area contributed by atoms with E-state index in [1.54, 1.807) is 35.6 Å². The van der Waals surface area contributed by atoms with Crippen LogP contribution in [0.5, 0.6) is 0 Å². The van der Waals surface area contributed by atoms with E-state index in [9.17, 15) is 4.79 Å². The highest BCUT2D eigenvalue weighted by Crippen LogP contribution is 2.36. The first-order valence-electron chi connectivity index (χ1n) is 7.96. The molecule has 2 atom stereocenters. The van der Waals surface area contributed by atoms with E-state index in [4.69, 9.17) is 0 Å². The predicted molar refractivity (Wildman–Crippen MR) is 85.0 cm³/mol. The molecule has 1 aliphatic heterocycles. The standard InChI is InChI=1S/C17H19N5O/c1-12-2-3-14-8-21(9-15(14)6-12)17(23)13-4-5-18-16(7-13)22-10-19-20-11-22/h2,4-5,7,10-11,14-15H,3,6,8-9H2,1H3/t14-,15+/m1/s1. The Bertz CT molecular complexity index is 752. The quantitative estimate of drug-likeness (QED) is 0.797. The summed E-state index contributed by atoms with van der Waals surface area (Å²) in [6.07, 6.45) is 9.37. The van der Waals surface area contributed by atoms with E-state index in [1.165, 1.54) is 5.57 Å². The molecular formula is C17H19N5O. The lowest BCUT2D eigenvalue weighted by Gasteiger charge is -2.21. The zero-order chi connectivity index (χ0) is 15.8. The maximum atomic E-state index is 12.8. The number of aromatic nitrogens is 4. The fourth-order valence-electron chi connectivity index (χ4n) is 3.65. The van der Waals surface area contributed by atoms with E-state index >= 15 is 0 Å². The average Bonchev–Trinajstić information content (AvgIpc) is 3.23. The molecule has 0 saturated carbocycles. The summed E-state index contributed by atoms with van der Waals surface area (Å²) < 4.78 is 1.70. The van der Waals surface area contributed by atoms with Crippen molar-refractivity contribution in [1.82, 2.24) is 24.6 Å². The summed E-state index contributed by atoms with van der Waals surface area (Å²) in [5.74, 6) is 1.98. The molecule has 118 valence electrons. The van der Waals surface area contributed by atoms with Crippen molar-refractivity contribution >= 4 is 5.91 Å². The van der Waals surface area contributed by atoms with Crippen LogP contribution in [-0.2, 0) is 0 Å². The van der Waals surface area contributed by atoms with Gasteiger partial charge in [-0.2, -0.15) is 0 Å². The number of hydrogen-bond donors (Lipinski definition) is 0. The molecule has 6 heteroatoms. The zero-order valence-corrected chi connectivity index (χ0v) is 13.1. The number of allylic oxidation sites excluding steroid dienone is 2. The van der Waals surface area contributed by atoms with Crippen LogP contribution in [-0.4, -0.2) is 43.6 Å². The van der Waals surface area contributed by atoms with Crippen LogP contribution in [0.1, 0.15) is 30.1 Å². The van der Waals surface area contributed by atoms with Crippen LogP contribution in [0.3, 0.4) is 0 Å². The molecule has 0 bridgehead atoms. The Morgan fingerprint density at radius 2 is 2.00 bits per heavy atom. The third-order valence-electron chi connectivity index (χ3n) is 4.89. The van der Waals surface area contributed by atoms with Crippen molar-refractivity contribution < 1.29 is 4.79 Å². The number of fused-ring (bicyclic) bond motifs is 1. The van der Waals surface area contributed by atoms with Gasteiger partial charge in [0.15, 0.2) is 0 Å². The number of amides is 1. The number of carbonyl (C=O) groups excluding carboxylic acids is 1. The normalized spacial score (nSPS) is 23.5. The lowest BCUT2D eigenvalue weighted by atomic mass is 9.83. The van der Waals surface area contributed by atoms with Gasteiger partial charge in [-0.15, -0.1) is 10.2 Å². The van der Waals surface area contributed by atoms with Crippen LogP contribution in [0.2, 0.25) is 0 Å². The van der Waals surface area contributed by atoms with Gasteiger partial charge in [0, 0.05) is 24.8 Å².